The Balaban J connectivity index is 1.69. The largest absolute Gasteiger partial charge is 0.507 e. The van der Waals surface area contributed by atoms with Crippen molar-refractivity contribution in [2.24, 2.45) is 5.92 Å². The summed E-state index contributed by atoms with van der Waals surface area (Å²) >= 11 is 0. The van der Waals surface area contributed by atoms with Gasteiger partial charge in [0.05, 0.1) is 5.56 Å². The van der Waals surface area contributed by atoms with Gasteiger partial charge in [0.15, 0.2) is 5.96 Å². The maximum absolute atomic E-state index is 13.2. The number of hydrogen-bond donors (Lipinski definition) is 3. The summed E-state index contributed by atoms with van der Waals surface area (Å²) in [5.41, 5.74) is 2.65. The SMILES string of the molecule is CC(C)N(C(=N)Nc1cccc(C(c2c(O)c3c(oc2=O)CCCCCC3)C2CC2)c1)C(C)C. The molecule has 0 spiro atoms. The first-order chi connectivity index (χ1) is 16.3. The normalized spacial score (nSPS) is 17.1. The Labute approximate surface area is 202 Å². The third-order valence-corrected chi connectivity index (χ3v) is 7.18. The van der Waals surface area contributed by atoms with Crippen LogP contribution in [0.3, 0.4) is 0 Å². The van der Waals surface area contributed by atoms with Crippen molar-refractivity contribution < 1.29 is 9.52 Å². The van der Waals surface area contributed by atoms with Crippen LogP contribution in [0.4, 0.5) is 5.69 Å². The maximum atomic E-state index is 13.2. The Morgan fingerprint density at radius 1 is 1.09 bits per heavy atom. The topological polar surface area (TPSA) is 89.6 Å². The summed E-state index contributed by atoms with van der Waals surface area (Å²) in [6.07, 6.45) is 7.81. The van der Waals surface area contributed by atoms with Gasteiger partial charge in [-0.3, -0.25) is 5.41 Å². The fraction of sp³-hybridized carbons (Fsp3) is 0.571. The minimum atomic E-state index is -0.398. The van der Waals surface area contributed by atoms with Crippen molar-refractivity contribution >= 4 is 11.6 Å². The van der Waals surface area contributed by atoms with E-state index in [0.29, 0.717) is 23.2 Å². The molecule has 0 amide bonds. The fourth-order valence-corrected chi connectivity index (χ4v) is 5.52. The third-order valence-electron chi connectivity index (χ3n) is 7.18. The lowest BCUT2D eigenvalue weighted by Crippen LogP contribution is -2.45. The van der Waals surface area contributed by atoms with Gasteiger partial charge in [0.1, 0.15) is 11.5 Å². The van der Waals surface area contributed by atoms with Crippen molar-refractivity contribution in [2.45, 2.75) is 97.1 Å². The molecule has 1 heterocycles. The zero-order chi connectivity index (χ0) is 24.4. The average Bonchev–Trinajstić information content (AvgIpc) is 3.57. The highest BCUT2D eigenvalue weighted by molar-refractivity contribution is 5.91. The Kier molecular flexibility index (Phi) is 7.34. The molecule has 4 rings (SSSR count). The van der Waals surface area contributed by atoms with E-state index >= 15 is 0 Å². The van der Waals surface area contributed by atoms with Crippen LogP contribution in [0.5, 0.6) is 5.75 Å². The zero-order valence-corrected chi connectivity index (χ0v) is 21.0. The van der Waals surface area contributed by atoms with Gasteiger partial charge in [-0.2, -0.15) is 0 Å². The molecule has 34 heavy (non-hydrogen) atoms. The number of guanidine groups is 1. The van der Waals surface area contributed by atoms with E-state index in [1.165, 1.54) is 0 Å². The van der Waals surface area contributed by atoms with E-state index in [1.807, 2.05) is 29.2 Å². The highest BCUT2D eigenvalue weighted by Gasteiger charge is 2.38. The molecule has 6 nitrogen and oxygen atoms in total. The van der Waals surface area contributed by atoms with Crippen LogP contribution in [-0.4, -0.2) is 28.0 Å². The van der Waals surface area contributed by atoms with E-state index in [-0.39, 0.29) is 23.8 Å². The predicted octanol–water partition coefficient (Wildman–Crippen LogP) is 6.01. The molecule has 0 bridgehead atoms. The number of anilines is 1. The fourth-order valence-electron chi connectivity index (χ4n) is 5.52. The first-order valence-electron chi connectivity index (χ1n) is 12.9. The summed E-state index contributed by atoms with van der Waals surface area (Å²) < 4.78 is 5.83. The number of aromatic hydroxyl groups is 1. The Bertz CT molecular complexity index is 1080. The number of fused-ring (bicyclic) bond motifs is 1. The van der Waals surface area contributed by atoms with Crippen LogP contribution >= 0.6 is 0 Å². The lowest BCUT2D eigenvalue weighted by Gasteiger charge is -2.33. The molecule has 6 heteroatoms. The van der Waals surface area contributed by atoms with Crippen LogP contribution in [0, 0.1) is 11.3 Å². The van der Waals surface area contributed by atoms with Gasteiger partial charge in [-0.1, -0.05) is 25.0 Å². The molecule has 0 radical (unpaired) electrons. The van der Waals surface area contributed by atoms with Crippen molar-refractivity contribution in [2.75, 3.05) is 5.32 Å². The summed E-state index contributed by atoms with van der Waals surface area (Å²) in [6, 6.07) is 8.36. The smallest absolute Gasteiger partial charge is 0.343 e. The molecule has 1 fully saturated rings. The van der Waals surface area contributed by atoms with Crippen LogP contribution in [0.1, 0.15) is 94.6 Å². The summed E-state index contributed by atoms with van der Waals surface area (Å²) in [5, 5.41) is 23.2. The number of nitrogens with one attached hydrogen (secondary N) is 2. The summed E-state index contributed by atoms with van der Waals surface area (Å²) in [6.45, 7) is 8.33. The Morgan fingerprint density at radius 2 is 1.76 bits per heavy atom. The lowest BCUT2D eigenvalue weighted by molar-refractivity contribution is 0.289. The number of nitrogens with zero attached hydrogens (tertiary/aromatic N) is 1. The highest BCUT2D eigenvalue weighted by Crippen LogP contribution is 2.49. The Morgan fingerprint density at radius 3 is 2.41 bits per heavy atom. The van der Waals surface area contributed by atoms with Crippen LogP contribution in [0.2, 0.25) is 0 Å². The van der Waals surface area contributed by atoms with E-state index in [9.17, 15) is 9.90 Å². The van der Waals surface area contributed by atoms with Crippen molar-refractivity contribution in [3.63, 3.8) is 0 Å². The molecule has 1 aromatic heterocycles. The number of aryl methyl sites for hydroxylation is 1. The quantitative estimate of drug-likeness (QED) is 0.359. The molecule has 0 aliphatic heterocycles. The van der Waals surface area contributed by atoms with Crippen LogP contribution < -0.4 is 10.9 Å². The van der Waals surface area contributed by atoms with Crippen molar-refractivity contribution in [1.82, 2.24) is 4.90 Å². The van der Waals surface area contributed by atoms with Crippen molar-refractivity contribution in [3.8, 4) is 5.75 Å². The van der Waals surface area contributed by atoms with E-state index in [4.69, 9.17) is 9.83 Å². The maximum Gasteiger partial charge on any atom is 0.343 e. The Hall–Kier alpha value is -2.76. The van der Waals surface area contributed by atoms with Crippen LogP contribution in [0.25, 0.3) is 0 Å². The average molecular weight is 466 g/mol. The minimum absolute atomic E-state index is 0.155. The molecule has 1 saturated carbocycles. The van der Waals surface area contributed by atoms with Gasteiger partial charge in [0, 0.05) is 35.7 Å². The van der Waals surface area contributed by atoms with Crippen molar-refractivity contribution in [1.29, 1.82) is 5.41 Å². The molecular weight excluding hydrogens is 426 g/mol. The molecule has 2 aliphatic rings. The molecule has 2 aliphatic carbocycles. The van der Waals surface area contributed by atoms with E-state index < -0.39 is 5.63 Å². The van der Waals surface area contributed by atoms with E-state index in [0.717, 1.165) is 68.2 Å². The van der Waals surface area contributed by atoms with E-state index in [1.54, 1.807) is 0 Å². The van der Waals surface area contributed by atoms with Gasteiger partial charge in [0.25, 0.3) is 0 Å². The van der Waals surface area contributed by atoms with Crippen LogP contribution in [-0.2, 0) is 12.8 Å². The summed E-state index contributed by atoms with van der Waals surface area (Å²) in [4.78, 5) is 15.2. The third kappa shape index (κ3) is 5.16. The number of benzene rings is 1. The molecule has 1 atom stereocenters. The molecule has 1 aromatic carbocycles. The second-order valence-corrected chi connectivity index (χ2v) is 10.5. The molecule has 1 unspecified atom stereocenters. The second-order valence-electron chi connectivity index (χ2n) is 10.5. The monoisotopic (exact) mass is 465 g/mol. The van der Waals surface area contributed by atoms with Gasteiger partial charge < -0.3 is 19.7 Å². The molecule has 0 saturated heterocycles. The first-order valence-corrected chi connectivity index (χ1v) is 12.9. The lowest BCUT2D eigenvalue weighted by atomic mass is 9.85. The van der Waals surface area contributed by atoms with Gasteiger partial charge in [0.2, 0.25) is 0 Å². The summed E-state index contributed by atoms with van der Waals surface area (Å²) in [7, 11) is 0. The van der Waals surface area contributed by atoms with Gasteiger partial charge >= 0.3 is 5.63 Å². The number of rotatable bonds is 6. The second kappa shape index (κ2) is 10.2. The molecule has 3 N–H and O–H groups in total. The van der Waals surface area contributed by atoms with Gasteiger partial charge in [-0.15, -0.1) is 0 Å². The van der Waals surface area contributed by atoms with E-state index in [2.05, 4.69) is 33.0 Å². The highest BCUT2D eigenvalue weighted by atomic mass is 16.4. The van der Waals surface area contributed by atoms with Crippen molar-refractivity contribution in [3.05, 3.63) is 57.1 Å². The minimum Gasteiger partial charge on any atom is -0.507 e. The molecular formula is C28H39N3O3. The van der Waals surface area contributed by atoms with Crippen LogP contribution in [0.15, 0.2) is 33.5 Å². The zero-order valence-electron chi connectivity index (χ0n) is 21.0. The van der Waals surface area contributed by atoms with Gasteiger partial charge in [-0.05, 0) is 83.4 Å². The molecule has 184 valence electrons. The van der Waals surface area contributed by atoms with Gasteiger partial charge in [-0.25, -0.2) is 4.79 Å². The first kappa shape index (κ1) is 24.4. The summed E-state index contributed by atoms with van der Waals surface area (Å²) in [5.74, 6) is 1.30. The molecule has 2 aromatic rings. The standard InChI is InChI=1S/C28H39N3O3/c1-17(2)31(18(3)4)28(29)30-21-11-9-10-20(16-21)24(19-14-15-19)25-26(32)22-12-7-5-6-8-13-23(22)34-27(25)33/h9-11,16-19,24,32H,5-8,12-15H2,1-4H3,(H2,29,30). The predicted molar refractivity (Wildman–Crippen MR) is 137 cm³/mol. The number of hydrogen-bond acceptors (Lipinski definition) is 4.